The number of amides is 1. The highest BCUT2D eigenvalue weighted by Gasteiger charge is 2.26. The van der Waals surface area contributed by atoms with E-state index in [-0.39, 0.29) is 6.10 Å². The summed E-state index contributed by atoms with van der Waals surface area (Å²) in [6, 6.07) is 14.9. The molecular weight excluding hydrogens is 338 g/mol. The van der Waals surface area contributed by atoms with Gasteiger partial charge >= 0.3 is 6.09 Å². The Kier molecular flexibility index (Phi) is 5.11. The molecule has 1 fully saturated rings. The van der Waals surface area contributed by atoms with Crippen molar-refractivity contribution in [3.8, 4) is 6.07 Å². The van der Waals surface area contributed by atoms with E-state index in [1.165, 1.54) is 0 Å². The molecule has 3 rings (SSSR count). The van der Waals surface area contributed by atoms with Crippen LogP contribution in [-0.4, -0.2) is 25.3 Å². The second kappa shape index (κ2) is 7.45. The molecule has 1 heterocycles. The van der Waals surface area contributed by atoms with Gasteiger partial charge in [0.05, 0.1) is 17.1 Å². The summed E-state index contributed by atoms with van der Waals surface area (Å²) in [5.74, 6) is 0. The van der Waals surface area contributed by atoms with Gasteiger partial charge in [-0.3, -0.25) is 5.32 Å². The summed E-state index contributed by atoms with van der Waals surface area (Å²) in [5.41, 5.74) is 3.22. The van der Waals surface area contributed by atoms with E-state index >= 15 is 0 Å². The number of nitrogens with one attached hydrogen (secondary N) is 1. The number of rotatable bonds is 3. The van der Waals surface area contributed by atoms with Crippen LogP contribution in [0, 0.1) is 18.3 Å². The maximum absolute atomic E-state index is 12.0. The van der Waals surface area contributed by atoms with Gasteiger partial charge < -0.3 is 9.64 Å². The number of halogens is 1. The highest BCUT2D eigenvalue weighted by atomic mass is 35.5. The van der Waals surface area contributed by atoms with Crippen molar-refractivity contribution in [1.82, 2.24) is 0 Å². The Morgan fingerprint density at radius 1 is 1.32 bits per heavy atom. The Balaban J connectivity index is 1.56. The minimum absolute atomic E-state index is 0.181. The molecule has 1 amide bonds. The normalized spacial score (nSPS) is 16.4. The molecule has 1 aliphatic rings. The fourth-order valence-corrected chi connectivity index (χ4v) is 3.00. The molecule has 1 atom stereocenters. The second-order valence-corrected chi connectivity index (χ2v) is 6.44. The van der Waals surface area contributed by atoms with Crippen molar-refractivity contribution in [2.24, 2.45) is 0 Å². The fraction of sp³-hybridized carbons (Fsp3) is 0.263. The SMILES string of the molecule is Cc1ccc(NC(=O)O[C@@H]2CCN(c3ccc(C#N)c(Cl)c3)C2)cc1. The van der Waals surface area contributed by atoms with Crippen LogP contribution in [0.5, 0.6) is 0 Å². The quantitative estimate of drug-likeness (QED) is 0.889. The molecule has 5 nitrogen and oxygen atoms in total. The first-order valence-electron chi connectivity index (χ1n) is 8.04. The summed E-state index contributed by atoms with van der Waals surface area (Å²) in [6.45, 7) is 3.36. The molecule has 128 valence electrons. The number of aryl methyl sites for hydroxylation is 1. The number of carbonyl (C=O) groups is 1. The molecule has 1 saturated heterocycles. The summed E-state index contributed by atoms with van der Waals surface area (Å²) in [4.78, 5) is 14.1. The van der Waals surface area contributed by atoms with Gasteiger partial charge in [-0.15, -0.1) is 0 Å². The molecule has 6 heteroatoms. The van der Waals surface area contributed by atoms with Crippen LogP contribution >= 0.6 is 11.6 Å². The van der Waals surface area contributed by atoms with Gasteiger partial charge in [0.2, 0.25) is 0 Å². The maximum atomic E-state index is 12.0. The third-order valence-corrected chi connectivity index (χ3v) is 4.47. The Labute approximate surface area is 151 Å². The Hall–Kier alpha value is -2.71. The Morgan fingerprint density at radius 3 is 2.76 bits per heavy atom. The topological polar surface area (TPSA) is 65.4 Å². The van der Waals surface area contributed by atoms with Crippen LogP contribution < -0.4 is 10.2 Å². The predicted molar refractivity (Wildman–Crippen MR) is 98.1 cm³/mol. The molecule has 0 aliphatic carbocycles. The van der Waals surface area contributed by atoms with E-state index in [9.17, 15) is 4.79 Å². The third-order valence-electron chi connectivity index (χ3n) is 4.15. The van der Waals surface area contributed by atoms with Gasteiger partial charge in [-0.05, 0) is 37.3 Å². The number of hydrogen-bond donors (Lipinski definition) is 1. The molecule has 1 N–H and O–H groups in total. The van der Waals surface area contributed by atoms with Gasteiger partial charge in [0.25, 0.3) is 0 Å². The number of benzene rings is 2. The molecule has 0 radical (unpaired) electrons. The van der Waals surface area contributed by atoms with Crippen molar-refractivity contribution in [2.45, 2.75) is 19.4 Å². The number of nitrogens with zero attached hydrogens (tertiary/aromatic N) is 2. The summed E-state index contributed by atoms with van der Waals surface area (Å²) >= 11 is 6.09. The number of carbonyl (C=O) groups excluding carboxylic acids is 1. The monoisotopic (exact) mass is 355 g/mol. The first kappa shape index (κ1) is 17.1. The van der Waals surface area contributed by atoms with Crippen LogP contribution in [0.2, 0.25) is 5.02 Å². The van der Waals surface area contributed by atoms with Crippen molar-refractivity contribution in [1.29, 1.82) is 5.26 Å². The van der Waals surface area contributed by atoms with Crippen molar-refractivity contribution in [2.75, 3.05) is 23.3 Å². The van der Waals surface area contributed by atoms with E-state index in [1.54, 1.807) is 12.1 Å². The smallest absolute Gasteiger partial charge is 0.411 e. The summed E-state index contributed by atoms with van der Waals surface area (Å²) in [6.07, 6.45) is 0.118. The molecule has 2 aromatic carbocycles. The second-order valence-electron chi connectivity index (χ2n) is 6.03. The van der Waals surface area contributed by atoms with Crippen molar-refractivity contribution in [3.63, 3.8) is 0 Å². The van der Waals surface area contributed by atoms with Crippen LogP contribution in [0.4, 0.5) is 16.2 Å². The van der Waals surface area contributed by atoms with Crippen molar-refractivity contribution >= 4 is 29.1 Å². The summed E-state index contributed by atoms with van der Waals surface area (Å²) in [5, 5.41) is 12.1. The first-order chi connectivity index (χ1) is 12.0. The fourth-order valence-electron chi connectivity index (χ4n) is 2.79. The average molecular weight is 356 g/mol. The average Bonchev–Trinajstić information content (AvgIpc) is 3.05. The molecule has 2 aromatic rings. The molecule has 1 aliphatic heterocycles. The van der Waals surface area contributed by atoms with E-state index in [4.69, 9.17) is 21.6 Å². The highest BCUT2D eigenvalue weighted by Crippen LogP contribution is 2.27. The molecular formula is C19H18ClN3O2. The molecule has 0 saturated carbocycles. The molecule has 0 spiro atoms. The lowest BCUT2D eigenvalue weighted by Crippen LogP contribution is -2.26. The maximum Gasteiger partial charge on any atom is 0.411 e. The van der Waals surface area contributed by atoms with Crippen LogP contribution in [0.15, 0.2) is 42.5 Å². The number of ether oxygens (including phenoxy) is 1. The Bertz CT molecular complexity index is 814. The van der Waals surface area contributed by atoms with Crippen molar-refractivity contribution in [3.05, 3.63) is 58.6 Å². The molecule has 25 heavy (non-hydrogen) atoms. The number of nitriles is 1. The standard InChI is InChI=1S/C19H18ClN3O2/c1-13-2-5-15(6-3-13)22-19(24)25-17-8-9-23(12-17)16-7-4-14(11-21)18(20)10-16/h2-7,10,17H,8-9,12H2,1H3,(H,22,24)/t17-/m1/s1. The van der Waals surface area contributed by atoms with E-state index in [2.05, 4.69) is 10.2 Å². The van der Waals surface area contributed by atoms with E-state index in [1.807, 2.05) is 43.3 Å². The lowest BCUT2D eigenvalue weighted by Gasteiger charge is -2.19. The molecule has 0 bridgehead atoms. The summed E-state index contributed by atoms with van der Waals surface area (Å²) in [7, 11) is 0. The predicted octanol–water partition coefficient (Wildman–Crippen LogP) is 4.35. The van der Waals surface area contributed by atoms with E-state index < -0.39 is 6.09 Å². The lowest BCUT2D eigenvalue weighted by molar-refractivity contribution is 0.122. The lowest BCUT2D eigenvalue weighted by atomic mass is 10.2. The minimum atomic E-state index is -0.450. The van der Waals surface area contributed by atoms with Gasteiger partial charge in [0.1, 0.15) is 12.2 Å². The van der Waals surface area contributed by atoms with Gasteiger partial charge in [-0.2, -0.15) is 5.26 Å². The van der Waals surface area contributed by atoms with Crippen LogP contribution in [0.3, 0.4) is 0 Å². The zero-order chi connectivity index (χ0) is 17.8. The van der Waals surface area contributed by atoms with Gasteiger partial charge in [0, 0.05) is 24.3 Å². The van der Waals surface area contributed by atoms with Gasteiger partial charge in [0.15, 0.2) is 0 Å². The zero-order valence-corrected chi connectivity index (χ0v) is 14.6. The van der Waals surface area contributed by atoms with E-state index in [0.717, 1.165) is 24.2 Å². The zero-order valence-electron chi connectivity index (χ0n) is 13.8. The highest BCUT2D eigenvalue weighted by molar-refractivity contribution is 6.32. The van der Waals surface area contributed by atoms with Crippen molar-refractivity contribution < 1.29 is 9.53 Å². The van der Waals surface area contributed by atoms with E-state index in [0.29, 0.717) is 22.8 Å². The minimum Gasteiger partial charge on any atom is -0.444 e. The van der Waals surface area contributed by atoms with Crippen LogP contribution in [0.1, 0.15) is 17.5 Å². The van der Waals surface area contributed by atoms with Gasteiger partial charge in [-0.1, -0.05) is 29.3 Å². The molecule has 0 aromatic heterocycles. The number of anilines is 2. The van der Waals surface area contributed by atoms with Gasteiger partial charge in [-0.25, -0.2) is 4.79 Å². The first-order valence-corrected chi connectivity index (χ1v) is 8.42. The summed E-state index contributed by atoms with van der Waals surface area (Å²) < 4.78 is 5.50. The third kappa shape index (κ3) is 4.23. The molecule has 0 unspecified atom stereocenters. The Morgan fingerprint density at radius 2 is 2.08 bits per heavy atom. The number of hydrogen-bond acceptors (Lipinski definition) is 4. The van der Waals surface area contributed by atoms with Crippen LogP contribution in [0.25, 0.3) is 0 Å². The largest absolute Gasteiger partial charge is 0.444 e. The van der Waals surface area contributed by atoms with Crippen LogP contribution in [-0.2, 0) is 4.74 Å².